The second-order valence-corrected chi connectivity index (χ2v) is 5.62. The summed E-state index contributed by atoms with van der Waals surface area (Å²) < 4.78 is 0. The highest BCUT2D eigenvalue weighted by atomic mass is 16.4. The van der Waals surface area contributed by atoms with E-state index < -0.39 is 29.8 Å². The predicted octanol–water partition coefficient (Wildman–Crippen LogP) is -0.913. The Hall–Kier alpha value is -1.96. The van der Waals surface area contributed by atoms with Gasteiger partial charge in [-0.25, -0.2) is 0 Å². The van der Waals surface area contributed by atoms with Gasteiger partial charge in [0, 0.05) is 13.5 Å². The van der Waals surface area contributed by atoms with E-state index in [4.69, 9.17) is 0 Å². The van der Waals surface area contributed by atoms with Crippen LogP contribution in [0.1, 0.15) is 12.5 Å². The molecule has 2 rings (SSSR count). The Labute approximate surface area is 128 Å². The van der Waals surface area contributed by atoms with Crippen LogP contribution in [-0.4, -0.2) is 52.1 Å². The number of aliphatic hydroxyl groups is 2. The van der Waals surface area contributed by atoms with Crippen LogP contribution in [0.25, 0.3) is 0 Å². The summed E-state index contributed by atoms with van der Waals surface area (Å²) >= 11 is 0. The van der Waals surface area contributed by atoms with E-state index in [1.165, 1.54) is 6.92 Å². The van der Waals surface area contributed by atoms with Gasteiger partial charge in [0.1, 0.15) is 23.8 Å². The van der Waals surface area contributed by atoms with Crippen molar-refractivity contribution >= 4 is 11.9 Å². The summed E-state index contributed by atoms with van der Waals surface area (Å²) in [6, 6.07) is 8.91. The van der Waals surface area contributed by atoms with Gasteiger partial charge in [0.05, 0.1) is 0 Å². The molecule has 7 nitrogen and oxygen atoms in total. The summed E-state index contributed by atoms with van der Waals surface area (Å²) in [6.07, 6.45) is -3.74. The van der Waals surface area contributed by atoms with Crippen molar-refractivity contribution in [1.29, 1.82) is 0 Å². The van der Waals surface area contributed by atoms with Gasteiger partial charge in [-0.15, -0.1) is 0 Å². The van der Waals surface area contributed by atoms with Crippen molar-refractivity contribution in [2.24, 2.45) is 5.41 Å². The number of aliphatic carboxylic acids is 1. The summed E-state index contributed by atoms with van der Waals surface area (Å²) in [4.78, 5) is 22.9. The molecule has 1 heterocycles. The lowest BCUT2D eigenvalue weighted by atomic mass is 9.71. The highest BCUT2D eigenvalue weighted by Crippen LogP contribution is 2.33. The van der Waals surface area contributed by atoms with Crippen LogP contribution < -0.4 is 10.6 Å². The maximum Gasteiger partial charge on any atom is 0.314 e. The third-order valence-electron chi connectivity index (χ3n) is 4.02. The van der Waals surface area contributed by atoms with E-state index in [2.05, 4.69) is 10.6 Å². The van der Waals surface area contributed by atoms with Crippen molar-refractivity contribution in [2.75, 3.05) is 6.54 Å². The molecule has 0 spiro atoms. The molecule has 5 N–H and O–H groups in total. The lowest BCUT2D eigenvalue weighted by Gasteiger charge is -2.44. The monoisotopic (exact) mass is 308 g/mol. The van der Waals surface area contributed by atoms with Gasteiger partial charge in [0.2, 0.25) is 5.91 Å². The fourth-order valence-corrected chi connectivity index (χ4v) is 2.79. The average molecular weight is 308 g/mol. The van der Waals surface area contributed by atoms with E-state index in [1.54, 1.807) is 24.3 Å². The van der Waals surface area contributed by atoms with E-state index in [0.717, 1.165) is 5.56 Å². The van der Waals surface area contributed by atoms with Gasteiger partial charge in [-0.05, 0) is 12.0 Å². The van der Waals surface area contributed by atoms with Crippen LogP contribution in [-0.2, 0) is 16.0 Å². The van der Waals surface area contributed by atoms with Crippen molar-refractivity contribution in [1.82, 2.24) is 10.6 Å². The van der Waals surface area contributed by atoms with Crippen LogP contribution in [0.3, 0.4) is 0 Å². The molecule has 0 bridgehead atoms. The fraction of sp³-hybridized carbons (Fsp3) is 0.467. The molecule has 1 amide bonds. The quantitative estimate of drug-likeness (QED) is 0.491. The first-order chi connectivity index (χ1) is 10.4. The summed E-state index contributed by atoms with van der Waals surface area (Å²) in [5, 5.41) is 35.4. The van der Waals surface area contributed by atoms with Crippen molar-refractivity contribution in [3.05, 3.63) is 35.9 Å². The van der Waals surface area contributed by atoms with E-state index >= 15 is 0 Å². The molecule has 0 aliphatic carbocycles. The lowest BCUT2D eigenvalue weighted by Crippen LogP contribution is -2.70. The molecule has 0 radical (unpaired) electrons. The minimum absolute atomic E-state index is 0.0690. The molecular weight excluding hydrogens is 288 g/mol. The highest BCUT2D eigenvalue weighted by Gasteiger charge is 2.53. The number of aliphatic hydroxyl groups excluding tert-OH is 2. The van der Waals surface area contributed by atoms with Crippen LogP contribution in [0.2, 0.25) is 0 Å². The smallest absolute Gasteiger partial charge is 0.314 e. The minimum Gasteiger partial charge on any atom is -0.481 e. The number of carboxylic acids is 1. The molecule has 0 unspecified atom stereocenters. The SMILES string of the molecule is CC(=O)N[C@H]1NC[C@](Cc2ccccc2)(C(=O)O)[C@H](O)[C@@H]1O. The normalized spacial score (nSPS) is 31.5. The predicted molar refractivity (Wildman–Crippen MR) is 77.8 cm³/mol. The highest BCUT2D eigenvalue weighted by molar-refractivity contribution is 5.77. The number of hydrogen-bond donors (Lipinski definition) is 5. The molecule has 120 valence electrons. The molecular formula is C15H20N2O5. The summed E-state index contributed by atoms with van der Waals surface area (Å²) in [7, 11) is 0. The van der Waals surface area contributed by atoms with Crippen LogP contribution in [0.15, 0.2) is 30.3 Å². The van der Waals surface area contributed by atoms with Crippen LogP contribution in [0.5, 0.6) is 0 Å². The topological polar surface area (TPSA) is 119 Å². The number of carbonyl (C=O) groups is 2. The van der Waals surface area contributed by atoms with E-state index in [1.807, 2.05) is 6.07 Å². The number of carboxylic acid groups (broad SMARTS) is 1. The Bertz CT molecular complexity index is 550. The number of carbonyl (C=O) groups excluding carboxylic acids is 1. The standard InChI is InChI=1S/C15H20N2O5/c1-9(18)17-13-11(19)12(20)15(8-16-13,14(21)22)7-10-5-3-2-4-6-10/h2-6,11-13,16,19-20H,7-8H2,1H3,(H,17,18)(H,21,22)/t11-,12+,13+,15-/m0/s1. The second kappa shape index (κ2) is 6.43. The number of amides is 1. The van der Waals surface area contributed by atoms with Gasteiger partial charge in [0.15, 0.2) is 0 Å². The lowest BCUT2D eigenvalue weighted by molar-refractivity contribution is -0.172. The molecule has 4 atom stereocenters. The Morgan fingerprint density at radius 1 is 1.32 bits per heavy atom. The van der Waals surface area contributed by atoms with E-state index in [-0.39, 0.29) is 18.9 Å². The van der Waals surface area contributed by atoms with Gasteiger partial charge >= 0.3 is 5.97 Å². The molecule has 1 aliphatic heterocycles. The zero-order chi connectivity index (χ0) is 16.3. The molecule has 0 aromatic heterocycles. The number of rotatable bonds is 4. The molecule has 7 heteroatoms. The Morgan fingerprint density at radius 2 is 1.95 bits per heavy atom. The Morgan fingerprint density at radius 3 is 2.50 bits per heavy atom. The zero-order valence-corrected chi connectivity index (χ0v) is 12.2. The molecule has 1 aliphatic rings. The number of benzene rings is 1. The van der Waals surface area contributed by atoms with Gasteiger partial charge < -0.3 is 20.6 Å². The Kier molecular flexibility index (Phi) is 4.80. The molecule has 0 saturated carbocycles. The summed E-state index contributed by atoms with van der Waals surface area (Å²) in [5.74, 6) is -1.58. The van der Waals surface area contributed by atoms with E-state index in [9.17, 15) is 24.9 Å². The summed E-state index contributed by atoms with van der Waals surface area (Å²) in [5.41, 5.74) is -0.814. The fourth-order valence-electron chi connectivity index (χ4n) is 2.79. The van der Waals surface area contributed by atoms with Gasteiger partial charge in [-0.1, -0.05) is 30.3 Å². The van der Waals surface area contributed by atoms with Gasteiger partial charge in [-0.3, -0.25) is 14.9 Å². The van der Waals surface area contributed by atoms with Crippen molar-refractivity contribution in [3.63, 3.8) is 0 Å². The number of piperidine rings is 1. The molecule has 1 aromatic rings. The minimum atomic E-state index is -1.56. The summed E-state index contributed by atoms with van der Waals surface area (Å²) in [6.45, 7) is 1.21. The molecule has 1 fully saturated rings. The van der Waals surface area contributed by atoms with Gasteiger partial charge in [0.25, 0.3) is 0 Å². The Balaban J connectivity index is 2.25. The van der Waals surface area contributed by atoms with Crippen molar-refractivity contribution < 1.29 is 24.9 Å². The number of nitrogens with one attached hydrogen (secondary N) is 2. The third kappa shape index (κ3) is 3.11. The first-order valence-corrected chi connectivity index (χ1v) is 7.01. The number of hydrogen-bond acceptors (Lipinski definition) is 5. The van der Waals surface area contributed by atoms with Crippen LogP contribution in [0, 0.1) is 5.41 Å². The van der Waals surface area contributed by atoms with Crippen molar-refractivity contribution in [3.8, 4) is 0 Å². The van der Waals surface area contributed by atoms with Crippen LogP contribution >= 0.6 is 0 Å². The van der Waals surface area contributed by atoms with Crippen molar-refractivity contribution in [2.45, 2.75) is 31.7 Å². The maximum absolute atomic E-state index is 11.8. The largest absolute Gasteiger partial charge is 0.481 e. The molecule has 1 aromatic carbocycles. The van der Waals surface area contributed by atoms with Gasteiger partial charge in [-0.2, -0.15) is 0 Å². The second-order valence-electron chi connectivity index (χ2n) is 5.62. The third-order valence-corrected chi connectivity index (χ3v) is 4.02. The average Bonchev–Trinajstić information content (AvgIpc) is 2.47. The maximum atomic E-state index is 11.8. The van der Waals surface area contributed by atoms with E-state index in [0.29, 0.717) is 0 Å². The van der Waals surface area contributed by atoms with Crippen LogP contribution in [0.4, 0.5) is 0 Å². The first-order valence-electron chi connectivity index (χ1n) is 7.01. The molecule has 22 heavy (non-hydrogen) atoms. The molecule has 1 saturated heterocycles. The zero-order valence-electron chi connectivity index (χ0n) is 12.2. The first kappa shape index (κ1) is 16.4.